The summed E-state index contributed by atoms with van der Waals surface area (Å²) in [5.41, 5.74) is 1.37. The van der Waals surface area contributed by atoms with Crippen molar-refractivity contribution < 1.29 is 9.47 Å². The summed E-state index contributed by atoms with van der Waals surface area (Å²) in [6, 6.07) is 8.52. The van der Waals surface area contributed by atoms with E-state index in [1.165, 1.54) is 51.3 Å². The topological polar surface area (TPSA) is 28.2 Å². The zero-order valence-corrected chi connectivity index (χ0v) is 16.3. The Hall–Kier alpha value is -1.14. The van der Waals surface area contributed by atoms with Gasteiger partial charge in [-0.25, -0.2) is 0 Å². The number of nitrogens with zero attached hydrogens (tertiary/aromatic N) is 3. The third-order valence-corrected chi connectivity index (χ3v) is 6.49. The van der Waals surface area contributed by atoms with Crippen molar-refractivity contribution in [2.75, 3.05) is 66.6 Å². The molecule has 0 radical (unpaired) electrons. The van der Waals surface area contributed by atoms with E-state index in [9.17, 15) is 0 Å². The molecule has 1 aromatic rings. The average molecular weight is 360 g/mol. The Labute approximate surface area is 157 Å². The number of hydrogen-bond acceptors (Lipinski definition) is 5. The molecule has 3 aliphatic rings. The van der Waals surface area contributed by atoms with Gasteiger partial charge in [0.25, 0.3) is 0 Å². The van der Waals surface area contributed by atoms with Crippen molar-refractivity contribution in [3.8, 4) is 5.75 Å². The van der Waals surface area contributed by atoms with E-state index < -0.39 is 0 Å². The van der Waals surface area contributed by atoms with Crippen molar-refractivity contribution in [3.63, 3.8) is 0 Å². The number of likely N-dealkylation sites (tertiary alicyclic amines) is 1. The fourth-order valence-electron chi connectivity index (χ4n) is 4.71. The van der Waals surface area contributed by atoms with Crippen LogP contribution in [0.3, 0.4) is 0 Å². The number of benzene rings is 1. The molecule has 3 fully saturated rings. The van der Waals surface area contributed by atoms with E-state index in [2.05, 4.69) is 46.0 Å². The highest BCUT2D eigenvalue weighted by atomic mass is 16.5. The molecule has 5 heteroatoms. The highest BCUT2D eigenvalue weighted by molar-refractivity contribution is 5.27. The van der Waals surface area contributed by atoms with Crippen LogP contribution in [0.25, 0.3) is 0 Å². The summed E-state index contributed by atoms with van der Waals surface area (Å²) in [7, 11) is 3.94. The van der Waals surface area contributed by atoms with Crippen LogP contribution in [0.1, 0.15) is 12.0 Å². The van der Waals surface area contributed by atoms with Crippen LogP contribution >= 0.6 is 0 Å². The standard InChI is InChI=1S/C21H33N3O2/c1-22-9-11-23(12-10-22)15-21-20-14-24(8-7-18(20)16-26-21)13-17-3-5-19(25-2)6-4-17/h3-6,18,20-21H,7-16H2,1-2H3/t18-,20-,21+/m1/s1. The van der Waals surface area contributed by atoms with Gasteiger partial charge in [-0.05, 0) is 43.6 Å². The third-order valence-electron chi connectivity index (χ3n) is 6.49. The molecule has 0 N–H and O–H groups in total. The number of piperazine rings is 1. The van der Waals surface area contributed by atoms with Gasteiger partial charge in [-0.15, -0.1) is 0 Å². The fourth-order valence-corrected chi connectivity index (χ4v) is 4.71. The van der Waals surface area contributed by atoms with Gasteiger partial charge in [-0.2, -0.15) is 0 Å². The lowest BCUT2D eigenvalue weighted by molar-refractivity contribution is 0.0297. The first-order valence-electron chi connectivity index (χ1n) is 10.1. The summed E-state index contributed by atoms with van der Waals surface area (Å²) in [6.07, 6.45) is 1.70. The molecule has 3 aliphatic heterocycles. The quantitative estimate of drug-likeness (QED) is 0.799. The molecule has 4 rings (SSSR count). The average Bonchev–Trinajstić information content (AvgIpc) is 3.06. The molecule has 144 valence electrons. The maximum Gasteiger partial charge on any atom is 0.118 e. The van der Waals surface area contributed by atoms with Crippen molar-refractivity contribution >= 4 is 0 Å². The molecule has 0 amide bonds. The number of rotatable bonds is 5. The molecule has 26 heavy (non-hydrogen) atoms. The van der Waals surface area contributed by atoms with Crippen LogP contribution in [0.4, 0.5) is 0 Å². The number of fused-ring (bicyclic) bond motifs is 1. The van der Waals surface area contributed by atoms with Gasteiger partial charge < -0.3 is 14.4 Å². The van der Waals surface area contributed by atoms with Crippen LogP contribution in [0.5, 0.6) is 5.75 Å². The largest absolute Gasteiger partial charge is 0.497 e. The Balaban J connectivity index is 1.32. The summed E-state index contributed by atoms with van der Waals surface area (Å²) in [5, 5.41) is 0. The van der Waals surface area contributed by atoms with Crippen molar-refractivity contribution in [2.45, 2.75) is 19.1 Å². The second-order valence-corrected chi connectivity index (χ2v) is 8.27. The zero-order chi connectivity index (χ0) is 17.9. The minimum absolute atomic E-state index is 0.419. The summed E-state index contributed by atoms with van der Waals surface area (Å²) >= 11 is 0. The van der Waals surface area contributed by atoms with Gasteiger partial charge in [-0.3, -0.25) is 9.80 Å². The van der Waals surface area contributed by atoms with Crippen LogP contribution in [0.15, 0.2) is 24.3 Å². The Morgan fingerprint density at radius 2 is 1.81 bits per heavy atom. The van der Waals surface area contributed by atoms with E-state index in [4.69, 9.17) is 9.47 Å². The SMILES string of the molecule is COc1ccc(CN2CC[C@@H]3CO[C@@H](CN4CCN(C)CC4)[C@@H]3C2)cc1. The van der Waals surface area contributed by atoms with E-state index in [-0.39, 0.29) is 0 Å². The first-order valence-corrected chi connectivity index (χ1v) is 10.1. The van der Waals surface area contributed by atoms with E-state index in [0.29, 0.717) is 12.0 Å². The summed E-state index contributed by atoms with van der Waals surface area (Å²) in [5.74, 6) is 2.39. The fraction of sp³-hybridized carbons (Fsp3) is 0.714. The Morgan fingerprint density at radius 3 is 2.54 bits per heavy atom. The predicted molar refractivity (Wildman–Crippen MR) is 104 cm³/mol. The summed E-state index contributed by atoms with van der Waals surface area (Å²) in [6.45, 7) is 10.2. The van der Waals surface area contributed by atoms with E-state index in [1.807, 2.05) is 0 Å². The lowest BCUT2D eigenvalue weighted by Gasteiger charge is -2.38. The molecule has 3 saturated heterocycles. The number of piperidine rings is 1. The molecule has 1 aromatic carbocycles. The normalized spacial score (nSPS) is 31.1. The molecule has 0 unspecified atom stereocenters. The minimum Gasteiger partial charge on any atom is -0.497 e. The van der Waals surface area contributed by atoms with E-state index in [1.54, 1.807) is 7.11 Å². The highest BCUT2D eigenvalue weighted by Crippen LogP contribution is 2.35. The number of methoxy groups -OCH3 is 1. The van der Waals surface area contributed by atoms with Gasteiger partial charge in [0.05, 0.1) is 19.8 Å². The highest BCUT2D eigenvalue weighted by Gasteiger charge is 2.41. The van der Waals surface area contributed by atoms with Gasteiger partial charge in [-0.1, -0.05) is 12.1 Å². The van der Waals surface area contributed by atoms with Crippen LogP contribution < -0.4 is 4.74 Å². The number of likely N-dealkylation sites (N-methyl/N-ethyl adjacent to an activating group) is 1. The van der Waals surface area contributed by atoms with Gasteiger partial charge in [0, 0.05) is 51.7 Å². The summed E-state index contributed by atoms with van der Waals surface area (Å²) in [4.78, 5) is 7.65. The van der Waals surface area contributed by atoms with Crippen LogP contribution in [-0.2, 0) is 11.3 Å². The van der Waals surface area contributed by atoms with E-state index >= 15 is 0 Å². The van der Waals surface area contributed by atoms with Crippen molar-refractivity contribution in [3.05, 3.63) is 29.8 Å². The van der Waals surface area contributed by atoms with Gasteiger partial charge in [0.2, 0.25) is 0 Å². The molecule has 0 aromatic heterocycles. The van der Waals surface area contributed by atoms with Gasteiger partial charge in [0.1, 0.15) is 5.75 Å². The van der Waals surface area contributed by atoms with Crippen molar-refractivity contribution in [2.24, 2.45) is 11.8 Å². The lowest BCUT2D eigenvalue weighted by atomic mass is 9.84. The monoisotopic (exact) mass is 359 g/mol. The molecule has 5 nitrogen and oxygen atoms in total. The Morgan fingerprint density at radius 1 is 1.04 bits per heavy atom. The molecule has 3 heterocycles. The number of ether oxygens (including phenoxy) is 2. The van der Waals surface area contributed by atoms with Gasteiger partial charge in [0.15, 0.2) is 0 Å². The van der Waals surface area contributed by atoms with E-state index in [0.717, 1.165) is 31.4 Å². The molecule has 0 aliphatic carbocycles. The third kappa shape index (κ3) is 4.22. The first kappa shape index (κ1) is 18.2. The van der Waals surface area contributed by atoms with Crippen molar-refractivity contribution in [1.82, 2.24) is 14.7 Å². The second-order valence-electron chi connectivity index (χ2n) is 8.27. The van der Waals surface area contributed by atoms with Crippen LogP contribution in [0.2, 0.25) is 0 Å². The Bertz CT molecular complexity index is 571. The predicted octanol–water partition coefficient (Wildman–Crippen LogP) is 1.78. The molecule has 0 bridgehead atoms. The van der Waals surface area contributed by atoms with Crippen molar-refractivity contribution in [1.29, 1.82) is 0 Å². The van der Waals surface area contributed by atoms with Crippen LogP contribution in [0, 0.1) is 11.8 Å². The molecule has 0 spiro atoms. The smallest absolute Gasteiger partial charge is 0.118 e. The Kier molecular flexibility index (Phi) is 5.79. The maximum atomic E-state index is 6.26. The lowest BCUT2D eigenvalue weighted by Crippen LogP contribution is -2.49. The maximum absolute atomic E-state index is 6.26. The molecular weight excluding hydrogens is 326 g/mol. The van der Waals surface area contributed by atoms with Gasteiger partial charge >= 0.3 is 0 Å². The number of hydrogen-bond donors (Lipinski definition) is 0. The molecular formula is C21H33N3O2. The van der Waals surface area contributed by atoms with Crippen LogP contribution in [-0.4, -0.2) is 87.4 Å². The first-order chi connectivity index (χ1) is 12.7. The molecule has 0 saturated carbocycles. The minimum atomic E-state index is 0.419. The molecule has 3 atom stereocenters. The zero-order valence-electron chi connectivity index (χ0n) is 16.3. The second kappa shape index (κ2) is 8.26. The summed E-state index contributed by atoms with van der Waals surface area (Å²) < 4.78 is 11.5.